The fraction of sp³-hybridized carbons (Fsp3) is 0.286. The molecule has 5 rings (SSSR count). The van der Waals surface area contributed by atoms with E-state index in [9.17, 15) is 13.9 Å². The normalized spacial score (nSPS) is 23.1. The van der Waals surface area contributed by atoms with Gasteiger partial charge in [0.25, 0.3) is 0 Å². The summed E-state index contributed by atoms with van der Waals surface area (Å²) < 4.78 is 41.9. The molecule has 9 nitrogen and oxygen atoms in total. The van der Waals surface area contributed by atoms with Crippen LogP contribution in [0.2, 0.25) is 0 Å². The van der Waals surface area contributed by atoms with Crippen LogP contribution in [0.1, 0.15) is 6.23 Å². The van der Waals surface area contributed by atoms with Gasteiger partial charge in [0.2, 0.25) is 0 Å². The highest BCUT2D eigenvalue weighted by Gasteiger charge is 2.46. The van der Waals surface area contributed by atoms with E-state index in [1.807, 2.05) is 18.2 Å². The molecule has 0 amide bonds. The van der Waals surface area contributed by atoms with Crippen LogP contribution in [-0.4, -0.2) is 56.7 Å². The molecule has 32 heavy (non-hydrogen) atoms. The van der Waals surface area contributed by atoms with Gasteiger partial charge in [0.15, 0.2) is 23.9 Å². The summed E-state index contributed by atoms with van der Waals surface area (Å²) in [6, 6.07) is 9.14. The molecule has 0 radical (unpaired) electrons. The second-order valence-corrected chi connectivity index (χ2v) is 7.45. The van der Waals surface area contributed by atoms with Gasteiger partial charge in [0.05, 0.1) is 10.9 Å². The molecule has 0 unspecified atom stereocenters. The molecule has 3 aromatic heterocycles. The zero-order chi connectivity index (χ0) is 22.4. The number of pyridine rings is 1. The lowest BCUT2D eigenvalue weighted by molar-refractivity contribution is -0.0412. The van der Waals surface area contributed by atoms with Gasteiger partial charge in [-0.15, -0.1) is 0 Å². The molecule has 166 valence electrons. The third-order valence-electron chi connectivity index (χ3n) is 5.49. The van der Waals surface area contributed by atoms with Crippen LogP contribution in [0.5, 0.6) is 5.75 Å². The Balaban J connectivity index is 1.35. The number of aliphatic hydroxyl groups is 1. The quantitative estimate of drug-likeness (QED) is 0.431. The maximum atomic E-state index is 14.9. The maximum Gasteiger partial charge on any atom is 0.173 e. The number of anilines is 2. The summed E-state index contributed by atoms with van der Waals surface area (Å²) in [4.78, 5) is 12.2. The van der Waals surface area contributed by atoms with E-state index in [0.717, 1.165) is 23.4 Å². The van der Waals surface area contributed by atoms with E-state index in [1.165, 1.54) is 4.57 Å². The van der Waals surface area contributed by atoms with Crippen LogP contribution in [0.4, 0.5) is 20.4 Å². The average Bonchev–Trinajstić information content (AvgIpc) is 3.28. The van der Waals surface area contributed by atoms with Gasteiger partial charge < -0.3 is 25.6 Å². The molecule has 0 spiro atoms. The number of nitrogen functional groups attached to an aromatic ring is 1. The first kappa shape index (κ1) is 20.3. The number of aromatic nitrogens is 4. The number of halogens is 2. The van der Waals surface area contributed by atoms with Crippen molar-refractivity contribution in [3.8, 4) is 5.75 Å². The Morgan fingerprint density at radius 3 is 2.91 bits per heavy atom. The van der Waals surface area contributed by atoms with Crippen molar-refractivity contribution in [2.24, 2.45) is 0 Å². The predicted octanol–water partition coefficient (Wildman–Crippen LogP) is 2.42. The smallest absolute Gasteiger partial charge is 0.173 e. The second-order valence-electron chi connectivity index (χ2n) is 7.45. The highest BCUT2D eigenvalue weighted by Crippen LogP contribution is 2.36. The van der Waals surface area contributed by atoms with E-state index < -0.39 is 30.4 Å². The summed E-state index contributed by atoms with van der Waals surface area (Å²) in [6.45, 7) is -0.117. The maximum absolute atomic E-state index is 14.9. The minimum atomic E-state index is -1.83. The van der Waals surface area contributed by atoms with Crippen LogP contribution in [0.3, 0.4) is 0 Å². The van der Waals surface area contributed by atoms with E-state index in [-0.39, 0.29) is 23.5 Å². The third kappa shape index (κ3) is 3.35. The minimum Gasteiger partial charge on any atom is -0.491 e. The lowest BCUT2D eigenvalue weighted by Crippen LogP contribution is -2.32. The molecule has 0 saturated carbocycles. The van der Waals surface area contributed by atoms with Crippen molar-refractivity contribution in [2.75, 3.05) is 24.7 Å². The monoisotopic (exact) mass is 442 g/mol. The number of nitrogens with one attached hydrogen (secondary N) is 1. The number of hydrogen-bond donors (Lipinski definition) is 3. The highest BCUT2D eigenvalue weighted by molar-refractivity contribution is 5.86. The lowest BCUT2D eigenvalue weighted by Gasteiger charge is -2.16. The summed E-state index contributed by atoms with van der Waals surface area (Å²) in [5.41, 5.74) is 6.51. The van der Waals surface area contributed by atoms with E-state index in [2.05, 4.69) is 20.3 Å². The number of fused-ring (bicyclic) bond motifs is 2. The van der Waals surface area contributed by atoms with Crippen molar-refractivity contribution in [3.63, 3.8) is 0 Å². The topological polar surface area (TPSA) is 120 Å². The SMILES string of the molecule is CNc1ccc2ccc(OC[C@H]3O[C@@H](n4cc(F)c5c(N)ncnc54)[C@@H](F)[C@@H]3O)cc2n1. The fourth-order valence-corrected chi connectivity index (χ4v) is 3.83. The molecule has 4 atom stereocenters. The van der Waals surface area contributed by atoms with Crippen molar-refractivity contribution in [1.29, 1.82) is 0 Å². The Morgan fingerprint density at radius 2 is 2.09 bits per heavy atom. The number of rotatable bonds is 5. The third-order valence-corrected chi connectivity index (χ3v) is 5.49. The van der Waals surface area contributed by atoms with Crippen molar-refractivity contribution >= 4 is 33.6 Å². The van der Waals surface area contributed by atoms with Gasteiger partial charge in [0.1, 0.15) is 42.5 Å². The number of nitrogens with two attached hydrogens (primary N) is 1. The van der Waals surface area contributed by atoms with Crippen LogP contribution in [-0.2, 0) is 4.74 Å². The van der Waals surface area contributed by atoms with Crippen LogP contribution in [0.25, 0.3) is 21.9 Å². The Labute approximate surface area is 180 Å². The number of hydrogen-bond acceptors (Lipinski definition) is 8. The zero-order valence-corrected chi connectivity index (χ0v) is 16.9. The van der Waals surface area contributed by atoms with Crippen molar-refractivity contribution in [2.45, 2.75) is 24.6 Å². The van der Waals surface area contributed by atoms with E-state index >= 15 is 0 Å². The van der Waals surface area contributed by atoms with Gasteiger partial charge in [-0.05, 0) is 24.3 Å². The summed E-state index contributed by atoms with van der Waals surface area (Å²) >= 11 is 0. The number of alkyl halides is 1. The molecule has 1 saturated heterocycles. The summed E-state index contributed by atoms with van der Waals surface area (Å²) in [5, 5.41) is 14.3. The number of ether oxygens (including phenoxy) is 2. The molecule has 1 aliphatic rings. The van der Waals surface area contributed by atoms with Gasteiger partial charge in [-0.3, -0.25) is 4.57 Å². The lowest BCUT2D eigenvalue weighted by atomic mass is 10.1. The molecule has 1 aliphatic heterocycles. The Morgan fingerprint density at radius 1 is 1.28 bits per heavy atom. The van der Waals surface area contributed by atoms with E-state index in [0.29, 0.717) is 11.6 Å². The van der Waals surface area contributed by atoms with Gasteiger partial charge >= 0.3 is 0 Å². The molecule has 1 fully saturated rings. The number of nitrogens with zero attached hydrogens (tertiary/aromatic N) is 4. The van der Waals surface area contributed by atoms with Crippen LogP contribution in [0.15, 0.2) is 42.9 Å². The van der Waals surface area contributed by atoms with Gasteiger partial charge in [-0.2, -0.15) is 0 Å². The second kappa shape index (κ2) is 7.84. The zero-order valence-electron chi connectivity index (χ0n) is 16.9. The first-order chi connectivity index (χ1) is 15.5. The average molecular weight is 442 g/mol. The van der Waals surface area contributed by atoms with E-state index in [1.54, 1.807) is 19.2 Å². The predicted molar refractivity (Wildman–Crippen MR) is 113 cm³/mol. The van der Waals surface area contributed by atoms with Crippen molar-refractivity contribution < 1.29 is 23.4 Å². The Kier molecular flexibility index (Phi) is 4.98. The molecular formula is C21H20F2N6O3. The highest BCUT2D eigenvalue weighted by atomic mass is 19.1. The van der Waals surface area contributed by atoms with E-state index in [4.69, 9.17) is 15.2 Å². The molecule has 0 aliphatic carbocycles. The number of benzene rings is 1. The Hall–Kier alpha value is -3.57. The molecule has 1 aromatic carbocycles. The molecule has 4 aromatic rings. The summed E-state index contributed by atoms with van der Waals surface area (Å²) in [5.74, 6) is 0.438. The molecule has 0 bridgehead atoms. The van der Waals surface area contributed by atoms with Gasteiger partial charge in [-0.1, -0.05) is 0 Å². The van der Waals surface area contributed by atoms with Crippen LogP contribution >= 0.6 is 0 Å². The first-order valence-electron chi connectivity index (χ1n) is 9.91. The summed E-state index contributed by atoms with van der Waals surface area (Å²) in [7, 11) is 1.78. The molecule has 11 heteroatoms. The largest absolute Gasteiger partial charge is 0.491 e. The van der Waals surface area contributed by atoms with Crippen molar-refractivity contribution in [1.82, 2.24) is 19.5 Å². The molecule has 4 N–H and O–H groups in total. The Bertz CT molecular complexity index is 1300. The number of aliphatic hydroxyl groups excluding tert-OH is 1. The molecular weight excluding hydrogens is 422 g/mol. The summed E-state index contributed by atoms with van der Waals surface area (Å²) in [6.07, 6.45) is -3.39. The van der Waals surface area contributed by atoms with Crippen LogP contribution in [0, 0.1) is 5.82 Å². The first-order valence-corrected chi connectivity index (χ1v) is 9.91. The molecule has 4 heterocycles. The van der Waals surface area contributed by atoms with Crippen molar-refractivity contribution in [3.05, 3.63) is 48.7 Å². The van der Waals surface area contributed by atoms with Gasteiger partial charge in [-0.25, -0.2) is 23.7 Å². The fourth-order valence-electron chi connectivity index (χ4n) is 3.83. The standard InChI is InChI=1S/C21H20F2N6O3/c1-25-15-5-3-10-2-4-11(6-13(10)28-15)31-8-14-18(30)17(23)21(32-14)29-7-12(22)16-19(24)26-9-27-20(16)29/h2-7,9,14,17-18,21,30H,8H2,1H3,(H,25,28)(H2,24,26,27)/t14-,17+,18-,21-/m1/s1. The minimum absolute atomic E-state index is 0.0258. The van der Waals surface area contributed by atoms with Crippen LogP contribution < -0.4 is 15.8 Å². The van der Waals surface area contributed by atoms with Gasteiger partial charge in [0, 0.05) is 24.7 Å².